The summed E-state index contributed by atoms with van der Waals surface area (Å²) in [4.78, 5) is 26.2. The van der Waals surface area contributed by atoms with Crippen molar-refractivity contribution in [2.75, 3.05) is 33.1 Å². The summed E-state index contributed by atoms with van der Waals surface area (Å²) < 4.78 is 36.1. The molecule has 178 valence electrons. The topological polar surface area (TPSA) is 114 Å². The summed E-state index contributed by atoms with van der Waals surface area (Å²) >= 11 is 0. The summed E-state index contributed by atoms with van der Waals surface area (Å²) in [6.45, 7) is 1.49. The lowest BCUT2D eigenvalue weighted by molar-refractivity contribution is -0.132. The summed E-state index contributed by atoms with van der Waals surface area (Å²) in [5.41, 5.74) is 0.863. The van der Waals surface area contributed by atoms with Crippen LogP contribution in [-0.2, 0) is 30.8 Å². The van der Waals surface area contributed by atoms with Gasteiger partial charge in [0.25, 0.3) is 0 Å². The van der Waals surface area contributed by atoms with E-state index in [0.717, 1.165) is 37.5 Å². The van der Waals surface area contributed by atoms with Crippen molar-refractivity contribution in [3.05, 3.63) is 29.8 Å². The van der Waals surface area contributed by atoms with Crippen LogP contribution < -0.4 is 15.4 Å². The Labute approximate surface area is 189 Å². The van der Waals surface area contributed by atoms with E-state index >= 15 is 0 Å². The monoisotopic (exact) mass is 467 g/mol. The maximum absolute atomic E-state index is 13.1. The third-order valence-electron chi connectivity index (χ3n) is 5.98. The highest BCUT2D eigenvalue weighted by atomic mass is 32.2. The van der Waals surface area contributed by atoms with Gasteiger partial charge >= 0.3 is 0 Å². The third-order valence-corrected chi connectivity index (χ3v) is 7.27. The van der Waals surface area contributed by atoms with Crippen molar-refractivity contribution >= 4 is 21.8 Å². The maximum atomic E-state index is 13.1. The van der Waals surface area contributed by atoms with Crippen LogP contribution in [0.4, 0.5) is 0 Å². The number of rotatable bonds is 8. The summed E-state index contributed by atoms with van der Waals surface area (Å²) in [5, 5.41) is 5.86. The van der Waals surface area contributed by atoms with E-state index in [4.69, 9.17) is 9.47 Å². The molecule has 2 atom stereocenters. The van der Waals surface area contributed by atoms with Crippen molar-refractivity contribution in [1.82, 2.24) is 14.9 Å². The zero-order valence-electron chi connectivity index (χ0n) is 18.7. The summed E-state index contributed by atoms with van der Waals surface area (Å²) in [7, 11) is -1.94. The van der Waals surface area contributed by atoms with E-state index in [9.17, 15) is 18.0 Å². The third kappa shape index (κ3) is 6.66. The molecule has 2 saturated heterocycles. The SMILES string of the molecule is COc1ccc(C[C@H](NC(=O)[C@@H]2CCCCN2S(C)(=O)=O)C(=O)NC2CCOCC2)cc1. The number of sulfonamides is 1. The van der Waals surface area contributed by atoms with Gasteiger partial charge < -0.3 is 20.1 Å². The number of methoxy groups -OCH3 is 1. The predicted octanol–water partition coefficient (Wildman–Crippen LogP) is 0.832. The molecule has 1 aromatic carbocycles. The Balaban J connectivity index is 1.75. The molecule has 3 rings (SSSR count). The zero-order valence-corrected chi connectivity index (χ0v) is 19.5. The van der Waals surface area contributed by atoms with Crippen LogP contribution in [-0.4, -0.2) is 75.8 Å². The van der Waals surface area contributed by atoms with E-state index in [1.807, 2.05) is 12.1 Å². The van der Waals surface area contributed by atoms with E-state index in [1.165, 1.54) is 4.31 Å². The van der Waals surface area contributed by atoms with Crippen LogP contribution in [0.3, 0.4) is 0 Å². The van der Waals surface area contributed by atoms with Crippen LogP contribution in [0.15, 0.2) is 24.3 Å². The van der Waals surface area contributed by atoms with E-state index in [-0.39, 0.29) is 18.4 Å². The van der Waals surface area contributed by atoms with Gasteiger partial charge in [0.15, 0.2) is 0 Å². The van der Waals surface area contributed by atoms with Gasteiger partial charge in [-0.15, -0.1) is 0 Å². The number of hydrogen-bond acceptors (Lipinski definition) is 6. The number of hydrogen-bond donors (Lipinski definition) is 2. The Morgan fingerprint density at radius 2 is 1.84 bits per heavy atom. The van der Waals surface area contributed by atoms with Crippen molar-refractivity contribution in [3.8, 4) is 5.75 Å². The van der Waals surface area contributed by atoms with E-state index < -0.39 is 28.0 Å². The lowest BCUT2D eigenvalue weighted by atomic mass is 10.0. The van der Waals surface area contributed by atoms with Gasteiger partial charge in [-0.1, -0.05) is 18.6 Å². The first-order valence-corrected chi connectivity index (χ1v) is 12.9. The number of nitrogens with zero attached hydrogens (tertiary/aromatic N) is 1. The molecule has 0 spiro atoms. The fourth-order valence-corrected chi connectivity index (χ4v) is 5.31. The largest absolute Gasteiger partial charge is 0.497 e. The Morgan fingerprint density at radius 1 is 1.16 bits per heavy atom. The highest BCUT2D eigenvalue weighted by molar-refractivity contribution is 7.88. The molecule has 9 nitrogen and oxygen atoms in total. The molecule has 32 heavy (non-hydrogen) atoms. The normalized spacial score (nSPS) is 21.5. The Hall–Kier alpha value is -2.17. The second-order valence-corrected chi connectivity index (χ2v) is 10.3. The quantitative estimate of drug-likeness (QED) is 0.586. The number of benzene rings is 1. The van der Waals surface area contributed by atoms with Crippen molar-refractivity contribution in [1.29, 1.82) is 0 Å². The van der Waals surface area contributed by atoms with Crippen LogP contribution in [0, 0.1) is 0 Å². The lowest BCUT2D eigenvalue weighted by Gasteiger charge is -2.34. The van der Waals surface area contributed by atoms with Gasteiger partial charge in [-0.05, 0) is 43.4 Å². The number of carbonyl (C=O) groups is 2. The molecule has 2 aliphatic rings. The average Bonchev–Trinajstić information content (AvgIpc) is 2.79. The number of piperidine rings is 1. The second-order valence-electron chi connectivity index (χ2n) is 8.39. The summed E-state index contributed by atoms with van der Waals surface area (Å²) in [6.07, 6.45) is 4.77. The van der Waals surface area contributed by atoms with Crippen LogP contribution in [0.5, 0.6) is 5.75 Å². The molecule has 0 aromatic heterocycles. The molecule has 1 aromatic rings. The highest BCUT2D eigenvalue weighted by Crippen LogP contribution is 2.21. The average molecular weight is 468 g/mol. The van der Waals surface area contributed by atoms with Gasteiger partial charge in [0.1, 0.15) is 17.8 Å². The number of carbonyl (C=O) groups excluding carboxylic acids is 2. The molecule has 2 heterocycles. The molecular weight excluding hydrogens is 434 g/mol. The minimum atomic E-state index is -3.52. The number of nitrogens with one attached hydrogen (secondary N) is 2. The zero-order chi connectivity index (χ0) is 23.1. The fourth-order valence-electron chi connectivity index (χ4n) is 4.18. The molecule has 2 aliphatic heterocycles. The first-order chi connectivity index (χ1) is 15.3. The molecule has 0 unspecified atom stereocenters. The van der Waals surface area contributed by atoms with Crippen LogP contribution in [0.1, 0.15) is 37.7 Å². The Kier molecular flexibility index (Phi) is 8.50. The lowest BCUT2D eigenvalue weighted by Crippen LogP contribution is -2.57. The molecule has 0 radical (unpaired) electrons. The first kappa shape index (κ1) is 24.5. The van der Waals surface area contributed by atoms with Gasteiger partial charge in [-0.3, -0.25) is 9.59 Å². The van der Waals surface area contributed by atoms with Crippen LogP contribution >= 0.6 is 0 Å². The molecule has 0 aliphatic carbocycles. The van der Waals surface area contributed by atoms with Gasteiger partial charge in [0.2, 0.25) is 21.8 Å². The number of ether oxygens (including phenoxy) is 2. The first-order valence-electron chi connectivity index (χ1n) is 11.1. The minimum Gasteiger partial charge on any atom is -0.497 e. The Morgan fingerprint density at radius 3 is 2.47 bits per heavy atom. The van der Waals surface area contributed by atoms with E-state index in [1.54, 1.807) is 19.2 Å². The molecule has 2 amide bonds. The maximum Gasteiger partial charge on any atom is 0.243 e. The van der Waals surface area contributed by atoms with Gasteiger partial charge in [-0.2, -0.15) is 4.31 Å². The fraction of sp³-hybridized carbons (Fsp3) is 0.636. The van der Waals surface area contributed by atoms with Crippen LogP contribution in [0.2, 0.25) is 0 Å². The van der Waals surface area contributed by atoms with E-state index in [0.29, 0.717) is 31.9 Å². The highest BCUT2D eigenvalue weighted by Gasteiger charge is 2.36. The molecule has 2 N–H and O–H groups in total. The summed E-state index contributed by atoms with van der Waals surface area (Å²) in [6, 6.07) is 5.68. The minimum absolute atomic E-state index is 0.00582. The van der Waals surface area contributed by atoms with Crippen molar-refractivity contribution < 1.29 is 27.5 Å². The molecule has 0 bridgehead atoms. The Bertz CT molecular complexity index is 883. The predicted molar refractivity (Wildman–Crippen MR) is 120 cm³/mol. The van der Waals surface area contributed by atoms with Crippen LogP contribution in [0.25, 0.3) is 0 Å². The van der Waals surface area contributed by atoms with Crippen molar-refractivity contribution in [3.63, 3.8) is 0 Å². The summed E-state index contributed by atoms with van der Waals surface area (Å²) in [5.74, 6) is -0.00876. The van der Waals surface area contributed by atoms with Gasteiger partial charge in [0, 0.05) is 32.2 Å². The van der Waals surface area contributed by atoms with Crippen molar-refractivity contribution in [2.24, 2.45) is 0 Å². The molecular formula is C22H33N3O6S. The number of amides is 2. The van der Waals surface area contributed by atoms with Crippen molar-refractivity contribution in [2.45, 2.75) is 56.7 Å². The van der Waals surface area contributed by atoms with E-state index in [2.05, 4.69) is 10.6 Å². The molecule has 10 heteroatoms. The smallest absolute Gasteiger partial charge is 0.243 e. The van der Waals surface area contributed by atoms with Gasteiger partial charge in [-0.25, -0.2) is 8.42 Å². The standard InChI is InChI=1S/C22H33N3O6S/c1-30-18-8-6-16(7-9-18)15-19(21(26)23-17-10-13-31-14-11-17)24-22(27)20-5-3-4-12-25(20)32(2,28)29/h6-9,17,19-20H,3-5,10-15H2,1-2H3,(H,23,26)(H,24,27)/t19-,20-/m0/s1. The molecule has 0 saturated carbocycles. The second kappa shape index (κ2) is 11.1. The molecule has 2 fully saturated rings. The van der Waals surface area contributed by atoms with Gasteiger partial charge in [0.05, 0.1) is 13.4 Å².